The first-order chi connectivity index (χ1) is 15.3. The van der Waals surface area contributed by atoms with Crippen LogP contribution in [0.5, 0.6) is 0 Å². The summed E-state index contributed by atoms with van der Waals surface area (Å²) in [7, 11) is -3.81. The average molecular weight is 450 g/mol. The molecule has 0 atom stereocenters. The zero-order valence-electron chi connectivity index (χ0n) is 17.2. The lowest BCUT2D eigenvalue weighted by atomic mass is 9.97. The molecule has 0 unspecified atom stereocenters. The van der Waals surface area contributed by atoms with Gasteiger partial charge in [0.05, 0.1) is 18.2 Å². The van der Waals surface area contributed by atoms with Gasteiger partial charge < -0.3 is 0 Å². The summed E-state index contributed by atoms with van der Waals surface area (Å²) in [5.41, 5.74) is 3.28. The van der Waals surface area contributed by atoms with Crippen molar-refractivity contribution in [2.24, 2.45) is 5.10 Å². The predicted octanol–water partition coefficient (Wildman–Crippen LogP) is 4.05. The Morgan fingerprint density at radius 3 is 2.19 bits per heavy atom. The van der Waals surface area contributed by atoms with Gasteiger partial charge in [-0.15, -0.1) is 0 Å². The van der Waals surface area contributed by atoms with Crippen LogP contribution in [0.15, 0.2) is 84.0 Å². The Kier molecular flexibility index (Phi) is 5.87. The summed E-state index contributed by atoms with van der Waals surface area (Å²) in [6.45, 7) is -0.532. The lowest BCUT2D eigenvalue weighted by Gasteiger charge is -2.21. The molecule has 0 spiro atoms. The molecule has 4 rings (SSSR count). The van der Waals surface area contributed by atoms with E-state index >= 15 is 0 Å². The van der Waals surface area contributed by atoms with Gasteiger partial charge in [-0.25, -0.2) is 18.2 Å². The summed E-state index contributed by atoms with van der Waals surface area (Å²) in [6, 6.07) is 22.8. The van der Waals surface area contributed by atoms with Crippen molar-refractivity contribution < 1.29 is 17.6 Å². The van der Waals surface area contributed by atoms with Gasteiger partial charge in [-0.3, -0.25) is 9.10 Å². The molecule has 0 aliphatic rings. The molecule has 0 aliphatic heterocycles. The van der Waals surface area contributed by atoms with Crippen LogP contribution in [0.2, 0.25) is 0 Å². The van der Waals surface area contributed by atoms with Crippen LogP contribution in [-0.2, 0) is 14.8 Å². The molecule has 0 saturated heterocycles. The quantitative estimate of drug-likeness (QED) is 0.274. The second-order valence-electron chi connectivity index (χ2n) is 7.28. The van der Waals surface area contributed by atoms with E-state index in [0.29, 0.717) is 0 Å². The van der Waals surface area contributed by atoms with Crippen LogP contribution in [0.4, 0.5) is 10.1 Å². The van der Waals surface area contributed by atoms with Crippen molar-refractivity contribution in [3.8, 4) is 0 Å². The van der Waals surface area contributed by atoms with E-state index in [1.807, 2.05) is 48.5 Å². The molecule has 8 heteroatoms. The van der Waals surface area contributed by atoms with Gasteiger partial charge in [-0.05, 0) is 45.8 Å². The van der Waals surface area contributed by atoms with E-state index in [0.717, 1.165) is 43.7 Å². The van der Waals surface area contributed by atoms with Crippen LogP contribution in [0.1, 0.15) is 5.56 Å². The first-order valence-electron chi connectivity index (χ1n) is 9.78. The highest BCUT2D eigenvalue weighted by Crippen LogP contribution is 2.27. The first kappa shape index (κ1) is 21.5. The van der Waals surface area contributed by atoms with Crippen molar-refractivity contribution in [2.45, 2.75) is 0 Å². The van der Waals surface area contributed by atoms with Gasteiger partial charge in [0.25, 0.3) is 5.91 Å². The van der Waals surface area contributed by atoms with Crippen molar-refractivity contribution in [1.29, 1.82) is 0 Å². The fourth-order valence-electron chi connectivity index (χ4n) is 3.55. The molecule has 162 valence electrons. The van der Waals surface area contributed by atoms with Crippen molar-refractivity contribution in [2.75, 3.05) is 17.1 Å². The lowest BCUT2D eigenvalue weighted by Crippen LogP contribution is -2.39. The number of sulfonamides is 1. The molecule has 0 fully saturated rings. The van der Waals surface area contributed by atoms with E-state index in [-0.39, 0.29) is 5.69 Å². The van der Waals surface area contributed by atoms with Gasteiger partial charge in [-0.1, -0.05) is 54.6 Å². The molecule has 0 aromatic heterocycles. The smallest absolute Gasteiger partial charge is 0.260 e. The number of hydrogen-bond donors (Lipinski definition) is 1. The largest absolute Gasteiger partial charge is 0.271 e. The maximum Gasteiger partial charge on any atom is 0.260 e. The number of anilines is 1. The Bertz CT molecular complexity index is 1400. The molecule has 0 heterocycles. The van der Waals surface area contributed by atoms with Crippen LogP contribution in [0, 0.1) is 5.82 Å². The topological polar surface area (TPSA) is 78.8 Å². The zero-order chi connectivity index (χ0) is 22.7. The Morgan fingerprint density at radius 1 is 0.969 bits per heavy atom. The SMILES string of the molecule is CS(=O)(=O)N(CC(=O)N/N=C\c1c2ccccc2cc2ccccc12)c1cccc(F)c1. The first-order valence-corrected chi connectivity index (χ1v) is 11.6. The number of rotatable bonds is 6. The molecule has 0 aliphatic carbocycles. The van der Waals surface area contributed by atoms with Crippen LogP contribution >= 0.6 is 0 Å². The number of nitrogens with zero attached hydrogens (tertiary/aromatic N) is 2. The normalized spacial score (nSPS) is 11.8. The Labute approximate surface area is 185 Å². The highest BCUT2D eigenvalue weighted by molar-refractivity contribution is 7.92. The van der Waals surface area contributed by atoms with E-state index in [4.69, 9.17) is 0 Å². The number of carbonyl (C=O) groups is 1. The standard InChI is InChI=1S/C24H20FN3O3S/c1-32(30,31)28(20-10-6-9-19(25)14-20)16-24(29)27-26-15-23-21-11-4-2-7-17(21)13-18-8-3-5-12-22(18)23/h2-15H,16H2,1H3,(H,27,29)/b26-15-. The molecular formula is C24H20FN3O3S. The number of nitrogens with one attached hydrogen (secondary N) is 1. The summed E-state index contributed by atoms with van der Waals surface area (Å²) in [6.07, 6.45) is 2.51. The highest BCUT2D eigenvalue weighted by atomic mass is 32.2. The monoisotopic (exact) mass is 449 g/mol. The van der Waals surface area contributed by atoms with Gasteiger partial charge in [0.15, 0.2) is 0 Å². The van der Waals surface area contributed by atoms with Crippen LogP contribution in [-0.4, -0.2) is 33.3 Å². The Balaban J connectivity index is 1.60. The highest BCUT2D eigenvalue weighted by Gasteiger charge is 2.21. The fourth-order valence-corrected chi connectivity index (χ4v) is 4.40. The van der Waals surface area contributed by atoms with E-state index in [1.54, 1.807) is 6.21 Å². The second kappa shape index (κ2) is 8.76. The van der Waals surface area contributed by atoms with Gasteiger partial charge in [-0.2, -0.15) is 5.10 Å². The third-order valence-electron chi connectivity index (χ3n) is 4.98. The van der Waals surface area contributed by atoms with Gasteiger partial charge in [0, 0.05) is 5.56 Å². The molecule has 4 aromatic carbocycles. The summed E-state index contributed by atoms with van der Waals surface area (Å²) in [4.78, 5) is 12.5. The van der Waals surface area contributed by atoms with Gasteiger partial charge in [0.1, 0.15) is 12.4 Å². The molecule has 4 aromatic rings. The summed E-state index contributed by atoms with van der Waals surface area (Å²) < 4.78 is 38.7. The average Bonchev–Trinajstić information content (AvgIpc) is 2.76. The third kappa shape index (κ3) is 4.60. The zero-order valence-corrected chi connectivity index (χ0v) is 18.0. The summed E-state index contributed by atoms with van der Waals surface area (Å²) in [5, 5.41) is 8.09. The molecule has 0 bridgehead atoms. The Hall–Kier alpha value is -3.78. The number of benzene rings is 4. The van der Waals surface area contributed by atoms with E-state index in [2.05, 4.69) is 16.6 Å². The minimum atomic E-state index is -3.81. The van der Waals surface area contributed by atoms with Gasteiger partial charge >= 0.3 is 0 Å². The van der Waals surface area contributed by atoms with Crippen molar-refractivity contribution in [3.63, 3.8) is 0 Å². The molecular weight excluding hydrogens is 429 g/mol. The second-order valence-corrected chi connectivity index (χ2v) is 9.18. The molecule has 6 nitrogen and oxygen atoms in total. The number of amides is 1. The lowest BCUT2D eigenvalue weighted by molar-refractivity contribution is -0.119. The maximum atomic E-state index is 13.6. The summed E-state index contributed by atoms with van der Waals surface area (Å²) in [5.74, 6) is -1.25. The number of halogens is 1. The molecule has 1 amide bonds. The Morgan fingerprint density at radius 2 is 1.59 bits per heavy atom. The van der Waals surface area contributed by atoms with E-state index < -0.39 is 28.3 Å². The molecule has 32 heavy (non-hydrogen) atoms. The van der Waals surface area contributed by atoms with E-state index in [1.165, 1.54) is 18.2 Å². The maximum absolute atomic E-state index is 13.6. The van der Waals surface area contributed by atoms with Gasteiger partial charge in [0.2, 0.25) is 10.0 Å². The van der Waals surface area contributed by atoms with Crippen LogP contribution in [0.3, 0.4) is 0 Å². The predicted molar refractivity (Wildman–Crippen MR) is 126 cm³/mol. The third-order valence-corrected chi connectivity index (χ3v) is 6.12. The number of carbonyl (C=O) groups excluding carboxylic acids is 1. The molecule has 0 saturated carbocycles. The van der Waals surface area contributed by atoms with Crippen molar-refractivity contribution in [1.82, 2.24) is 5.43 Å². The van der Waals surface area contributed by atoms with Crippen molar-refractivity contribution >= 4 is 49.4 Å². The fraction of sp³-hybridized carbons (Fsp3) is 0.0833. The number of fused-ring (bicyclic) bond motifs is 2. The van der Waals surface area contributed by atoms with E-state index in [9.17, 15) is 17.6 Å². The number of hydrazone groups is 1. The summed E-state index contributed by atoms with van der Waals surface area (Å²) >= 11 is 0. The number of hydrogen-bond acceptors (Lipinski definition) is 4. The molecule has 1 N–H and O–H groups in total. The van der Waals surface area contributed by atoms with Crippen LogP contribution < -0.4 is 9.73 Å². The van der Waals surface area contributed by atoms with Crippen LogP contribution in [0.25, 0.3) is 21.5 Å². The molecule has 0 radical (unpaired) electrons. The minimum Gasteiger partial charge on any atom is -0.271 e. The van der Waals surface area contributed by atoms with Crippen molar-refractivity contribution in [3.05, 3.63) is 90.2 Å². The minimum absolute atomic E-state index is 0.0617.